The fourth-order valence-electron chi connectivity index (χ4n) is 3.43. The number of aromatic nitrogens is 2. The van der Waals surface area contributed by atoms with Crippen molar-refractivity contribution >= 4 is 33.3 Å². The molecule has 2 aromatic heterocycles. The molecule has 0 unspecified atom stereocenters. The van der Waals surface area contributed by atoms with Crippen LogP contribution in [0.3, 0.4) is 0 Å². The summed E-state index contributed by atoms with van der Waals surface area (Å²) in [4.78, 5) is 28.0. The highest BCUT2D eigenvalue weighted by Gasteiger charge is 2.31. The Bertz CT molecular complexity index is 733. The Morgan fingerprint density at radius 1 is 1.33 bits per heavy atom. The lowest BCUT2D eigenvalue weighted by molar-refractivity contribution is -0.141. The summed E-state index contributed by atoms with van der Waals surface area (Å²) in [6, 6.07) is 2.21. The van der Waals surface area contributed by atoms with Gasteiger partial charge in [-0.1, -0.05) is 6.92 Å². The van der Waals surface area contributed by atoms with Crippen LogP contribution in [0.25, 0.3) is 10.2 Å². The highest BCUT2D eigenvalue weighted by atomic mass is 32.1. The number of fused-ring (bicyclic) bond motifs is 1. The number of nitrogens with zero attached hydrogens (tertiary/aromatic N) is 4. The quantitative estimate of drug-likeness (QED) is 0.852. The third kappa shape index (κ3) is 2.86. The van der Waals surface area contributed by atoms with Crippen LogP contribution in [0.1, 0.15) is 24.6 Å². The van der Waals surface area contributed by atoms with Gasteiger partial charge in [-0.05, 0) is 25.3 Å². The van der Waals surface area contributed by atoms with Gasteiger partial charge >= 0.3 is 0 Å². The van der Waals surface area contributed by atoms with E-state index < -0.39 is 0 Å². The van der Waals surface area contributed by atoms with Gasteiger partial charge in [-0.25, -0.2) is 9.97 Å². The zero-order chi connectivity index (χ0) is 16.5. The molecule has 0 N–H and O–H groups in total. The number of hydrogen-bond acceptors (Lipinski definition) is 6. The number of carbonyl (C=O) groups excluding carboxylic acids is 1. The lowest BCUT2D eigenvalue weighted by Crippen LogP contribution is -2.51. The smallest absolute Gasteiger partial charge is 0.251 e. The molecule has 7 heteroatoms. The molecule has 6 nitrogen and oxygen atoms in total. The summed E-state index contributed by atoms with van der Waals surface area (Å²) in [6.07, 6.45) is 4.31. The number of anilines is 1. The minimum atomic E-state index is -0.216. The summed E-state index contributed by atoms with van der Waals surface area (Å²) in [5.41, 5.74) is 0. The second-order valence-electron chi connectivity index (χ2n) is 6.30. The molecule has 4 rings (SSSR count). The van der Waals surface area contributed by atoms with Crippen LogP contribution in [0.15, 0.2) is 12.4 Å². The van der Waals surface area contributed by atoms with Gasteiger partial charge < -0.3 is 14.5 Å². The number of aryl methyl sites for hydroxylation is 1. The second kappa shape index (κ2) is 6.64. The zero-order valence-electron chi connectivity index (χ0n) is 13.9. The molecule has 0 spiro atoms. The lowest BCUT2D eigenvalue weighted by atomic mass is 10.2. The van der Waals surface area contributed by atoms with Crippen molar-refractivity contribution in [3.05, 3.63) is 17.3 Å². The van der Waals surface area contributed by atoms with E-state index in [-0.39, 0.29) is 12.0 Å². The zero-order valence-corrected chi connectivity index (χ0v) is 14.7. The SMILES string of the molecule is CCc1cc2c(N3CCN(C(=O)[C@H]4CCCO4)CC3)ncnc2s1. The minimum absolute atomic E-state index is 0.156. The van der Waals surface area contributed by atoms with Crippen molar-refractivity contribution in [2.45, 2.75) is 32.3 Å². The molecule has 0 bridgehead atoms. The van der Waals surface area contributed by atoms with Crippen LogP contribution in [0.5, 0.6) is 0 Å². The standard InChI is InChI=1S/C17H22N4O2S/c1-2-12-10-13-15(18-11-19-16(13)24-12)20-5-7-21(8-6-20)17(22)14-4-3-9-23-14/h10-11,14H,2-9H2,1H3/t14-/m1/s1. The number of rotatable bonds is 3. The number of thiophene rings is 1. The van der Waals surface area contributed by atoms with Crippen LogP contribution in [-0.4, -0.2) is 59.7 Å². The molecule has 2 aliphatic heterocycles. The first-order chi connectivity index (χ1) is 11.8. The van der Waals surface area contributed by atoms with E-state index in [1.54, 1.807) is 17.7 Å². The van der Waals surface area contributed by atoms with Crippen molar-refractivity contribution in [1.29, 1.82) is 0 Å². The fraction of sp³-hybridized carbons (Fsp3) is 0.588. The molecule has 4 heterocycles. The van der Waals surface area contributed by atoms with Gasteiger partial charge in [0.05, 0.1) is 5.39 Å². The van der Waals surface area contributed by atoms with Gasteiger partial charge in [0.2, 0.25) is 0 Å². The first-order valence-corrected chi connectivity index (χ1v) is 9.46. The maximum absolute atomic E-state index is 12.5. The highest BCUT2D eigenvalue weighted by Crippen LogP contribution is 2.31. The molecule has 128 valence electrons. The van der Waals surface area contributed by atoms with Crippen LogP contribution < -0.4 is 4.90 Å². The van der Waals surface area contributed by atoms with Gasteiger partial charge in [-0.2, -0.15) is 0 Å². The Labute approximate surface area is 145 Å². The van der Waals surface area contributed by atoms with E-state index >= 15 is 0 Å². The molecular weight excluding hydrogens is 324 g/mol. The Balaban J connectivity index is 1.47. The summed E-state index contributed by atoms with van der Waals surface area (Å²) in [5.74, 6) is 1.16. The van der Waals surface area contributed by atoms with Crippen LogP contribution in [0, 0.1) is 0 Å². The average molecular weight is 346 g/mol. The molecule has 0 saturated carbocycles. The third-order valence-electron chi connectivity index (χ3n) is 4.80. The molecular formula is C17H22N4O2S. The number of hydrogen-bond donors (Lipinski definition) is 0. The van der Waals surface area contributed by atoms with Gasteiger partial charge in [0, 0.05) is 37.7 Å². The summed E-state index contributed by atoms with van der Waals surface area (Å²) >= 11 is 1.74. The summed E-state index contributed by atoms with van der Waals surface area (Å²) < 4.78 is 5.53. The average Bonchev–Trinajstić information content (AvgIpc) is 3.30. The van der Waals surface area contributed by atoms with Gasteiger partial charge in [-0.3, -0.25) is 4.79 Å². The van der Waals surface area contributed by atoms with Gasteiger partial charge in [0.25, 0.3) is 5.91 Å². The number of piperazine rings is 1. The molecule has 2 aromatic rings. The third-order valence-corrected chi connectivity index (χ3v) is 5.99. The van der Waals surface area contributed by atoms with Crippen molar-refractivity contribution in [2.24, 2.45) is 0 Å². The Morgan fingerprint density at radius 3 is 2.88 bits per heavy atom. The van der Waals surface area contributed by atoms with E-state index in [2.05, 4.69) is 27.9 Å². The Kier molecular flexibility index (Phi) is 4.37. The van der Waals surface area contributed by atoms with E-state index in [4.69, 9.17) is 4.74 Å². The minimum Gasteiger partial charge on any atom is -0.368 e. The monoisotopic (exact) mass is 346 g/mol. The normalized spacial score (nSPS) is 21.6. The largest absolute Gasteiger partial charge is 0.368 e. The molecule has 1 atom stereocenters. The van der Waals surface area contributed by atoms with E-state index in [1.807, 2.05) is 4.90 Å². The number of amides is 1. The van der Waals surface area contributed by atoms with Crippen LogP contribution in [0.4, 0.5) is 5.82 Å². The molecule has 24 heavy (non-hydrogen) atoms. The predicted molar refractivity (Wildman–Crippen MR) is 94.6 cm³/mol. The maximum atomic E-state index is 12.5. The predicted octanol–water partition coefficient (Wildman–Crippen LogP) is 2.08. The molecule has 1 amide bonds. The van der Waals surface area contributed by atoms with Crippen molar-refractivity contribution in [1.82, 2.24) is 14.9 Å². The molecule has 0 aliphatic carbocycles. The van der Waals surface area contributed by atoms with Crippen molar-refractivity contribution in [2.75, 3.05) is 37.7 Å². The first kappa shape index (κ1) is 15.8. The van der Waals surface area contributed by atoms with E-state index in [1.165, 1.54) is 4.88 Å². The van der Waals surface area contributed by atoms with E-state index in [0.29, 0.717) is 6.61 Å². The number of ether oxygens (including phenoxy) is 1. The summed E-state index contributed by atoms with van der Waals surface area (Å²) in [5, 5.41) is 1.14. The van der Waals surface area contributed by atoms with Crippen LogP contribution in [0.2, 0.25) is 0 Å². The number of carbonyl (C=O) groups is 1. The fourth-order valence-corrected chi connectivity index (χ4v) is 4.36. The van der Waals surface area contributed by atoms with Crippen molar-refractivity contribution < 1.29 is 9.53 Å². The summed E-state index contributed by atoms with van der Waals surface area (Å²) in [7, 11) is 0. The second-order valence-corrected chi connectivity index (χ2v) is 7.41. The van der Waals surface area contributed by atoms with Crippen LogP contribution in [-0.2, 0) is 16.0 Å². The van der Waals surface area contributed by atoms with E-state index in [0.717, 1.165) is 61.5 Å². The first-order valence-electron chi connectivity index (χ1n) is 8.65. The lowest BCUT2D eigenvalue weighted by Gasteiger charge is -2.36. The maximum Gasteiger partial charge on any atom is 0.251 e. The summed E-state index contributed by atoms with van der Waals surface area (Å²) in [6.45, 7) is 5.95. The molecule has 0 aromatic carbocycles. The van der Waals surface area contributed by atoms with E-state index in [9.17, 15) is 4.79 Å². The molecule has 0 radical (unpaired) electrons. The van der Waals surface area contributed by atoms with Crippen LogP contribution >= 0.6 is 11.3 Å². The van der Waals surface area contributed by atoms with Gasteiger partial charge in [-0.15, -0.1) is 11.3 Å². The molecule has 2 aliphatic rings. The van der Waals surface area contributed by atoms with Crippen molar-refractivity contribution in [3.63, 3.8) is 0 Å². The van der Waals surface area contributed by atoms with Gasteiger partial charge in [0.1, 0.15) is 23.1 Å². The topological polar surface area (TPSA) is 58.6 Å². The Morgan fingerprint density at radius 2 is 2.17 bits per heavy atom. The molecule has 2 saturated heterocycles. The highest BCUT2D eigenvalue weighted by molar-refractivity contribution is 7.18. The van der Waals surface area contributed by atoms with Gasteiger partial charge in [0.15, 0.2) is 0 Å². The van der Waals surface area contributed by atoms with Crippen molar-refractivity contribution in [3.8, 4) is 0 Å². The molecule has 2 fully saturated rings. The Hall–Kier alpha value is -1.73.